The van der Waals surface area contributed by atoms with E-state index in [1.165, 1.54) is 71.5 Å². The largest absolute Gasteiger partial charge is 0.350 e. The number of benzene rings is 8. The number of fused-ring (bicyclic) bond motifs is 10. The molecule has 5 nitrogen and oxygen atoms in total. The van der Waals surface area contributed by atoms with Gasteiger partial charge >= 0.3 is 0 Å². The van der Waals surface area contributed by atoms with Crippen LogP contribution in [0.2, 0.25) is 0 Å². The Morgan fingerprint density at radius 2 is 1.12 bits per heavy atom. The number of rotatable bonds is 5. The summed E-state index contributed by atoms with van der Waals surface area (Å²) in [5.41, 5.74) is 15.7. The maximum absolute atomic E-state index is 5.52. The predicted octanol–water partition coefficient (Wildman–Crippen LogP) is 12.7. The molecule has 2 aliphatic rings. The molecular weight excluding hydrogens is 719 g/mol. The van der Waals surface area contributed by atoms with E-state index in [0.29, 0.717) is 0 Å². The summed E-state index contributed by atoms with van der Waals surface area (Å²) in [6.45, 7) is 4.69. The first-order valence-electron chi connectivity index (χ1n) is 20.5. The van der Waals surface area contributed by atoms with Gasteiger partial charge in [0.1, 0.15) is 12.0 Å². The van der Waals surface area contributed by atoms with E-state index in [-0.39, 0.29) is 11.6 Å². The summed E-state index contributed by atoms with van der Waals surface area (Å²) in [6.07, 6.45) is -0.629. The molecule has 5 heteroatoms. The first-order valence-corrected chi connectivity index (χ1v) is 20.5. The zero-order chi connectivity index (χ0) is 39.2. The molecule has 8 aromatic carbocycles. The van der Waals surface area contributed by atoms with Crippen LogP contribution in [-0.2, 0) is 5.41 Å². The molecule has 0 spiro atoms. The standard InChI is InChI=1S/C54H41N5/c1-54(2)42-27-12-9-23-38(42)48-41(26-16-28-43(48)54)52-55-51(35-19-7-4-8-20-35)56-53(57-52)59-45-30-14-11-25-40(45)50-47(59)32-31-46-49(50)39-24-10-13-29-44(39)58(46)37-22-15-21-36(33-37)34-17-5-3-6-18-34/h3-33,52-53,57H,1-2H3,(H,55,56). The summed E-state index contributed by atoms with van der Waals surface area (Å²) in [6, 6.07) is 68.1. The van der Waals surface area contributed by atoms with Gasteiger partial charge < -0.3 is 14.5 Å². The topological polar surface area (TPSA) is 46.3 Å². The van der Waals surface area contributed by atoms with E-state index < -0.39 is 6.29 Å². The van der Waals surface area contributed by atoms with Crippen molar-refractivity contribution < 1.29 is 0 Å². The zero-order valence-electron chi connectivity index (χ0n) is 32.9. The van der Waals surface area contributed by atoms with Crippen LogP contribution in [0.25, 0.3) is 71.6 Å². The minimum absolute atomic E-state index is 0.105. The van der Waals surface area contributed by atoms with Crippen LogP contribution >= 0.6 is 0 Å². The summed E-state index contributed by atoms with van der Waals surface area (Å²) in [4.78, 5) is 5.52. The number of nitrogens with zero attached hydrogens (tertiary/aromatic N) is 3. The number of nitrogens with one attached hydrogen (secondary N) is 2. The van der Waals surface area contributed by atoms with E-state index in [4.69, 9.17) is 4.99 Å². The molecule has 1 aliphatic heterocycles. The minimum atomic E-state index is -0.410. The molecule has 2 aromatic heterocycles. The molecule has 0 radical (unpaired) electrons. The van der Waals surface area contributed by atoms with Gasteiger partial charge in [-0.25, -0.2) is 4.99 Å². The fourth-order valence-corrected chi connectivity index (χ4v) is 10.1. The van der Waals surface area contributed by atoms with Crippen molar-refractivity contribution in [3.63, 3.8) is 0 Å². The second-order valence-corrected chi connectivity index (χ2v) is 16.4. The number of amidine groups is 1. The molecule has 3 heterocycles. The quantitative estimate of drug-likeness (QED) is 0.184. The smallest absolute Gasteiger partial charge is 0.184 e. The number of aliphatic imine (C=N–C) groups is 1. The lowest BCUT2D eigenvalue weighted by Gasteiger charge is -2.34. The average Bonchev–Trinajstić information content (AvgIpc) is 3.90. The van der Waals surface area contributed by atoms with Crippen molar-refractivity contribution in [2.24, 2.45) is 4.99 Å². The Labute approximate surface area is 342 Å². The Kier molecular flexibility index (Phi) is 7.41. The van der Waals surface area contributed by atoms with Crippen molar-refractivity contribution in [3.05, 3.63) is 210 Å². The number of para-hydroxylation sites is 2. The van der Waals surface area contributed by atoms with Gasteiger partial charge in [0.2, 0.25) is 0 Å². The Morgan fingerprint density at radius 3 is 1.93 bits per heavy atom. The number of hydrogen-bond acceptors (Lipinski definition) is 3. The Bertz CT molecular complexity index is 3310. The highest BCUT2D eigenvalue weighted by Gasteiger charge is 2.39. The SMILES string of the molecule is CC1(C)c2ccccc2-c2c(C3NC(c4ccccc4)=NC(n4c5ccccc5c5c6c7ccccc7n(-c7cccc(-c8ccccc8)c7)c6ccc54)N3)cccc21. The zero-order valence-corrected chi connectivity index (χ0v) is 32.9. The van der Waals surface area contributed by atoms with Crippen LogP contribution in [0.4, 0.5) is 0 Å². The molecule has 2 atom stereocenters. The lowest BCUT2D eigenvalue weighted by atomic mass is 9.82. The fraction of sp³-hybridized carbons (Fsp3) is 0.0926. The summed E-state index contributed by atoms with van der Waals surface area (Å²) in [5.74, 6) is 0.865. The van der Waals surface area contributed by atoms with E-state index in [1.54, 1.807) is 0 Å². The van der Waals surface area contributed by atoms with E-state index in [0.717, 1.165) is 28.1 Å². The molecule has 59 heavy (non-hydrogen) atoms. The molecule has 2 unspecified atom stereocenters. The average molecular weight is 760 g/mol. The molecule has 282 valence electrons. The monoisotopic (exact) mass is 759 g/mol. The third kappa shape index (κ3) is 5.05. The molecule has 12 rings (SSSR count). The molecule has 10 aromatic rings. The first kappa shape index (κ1) is 33.9. The van der Waals surface area contributed by atoms with Gasteiger partial charge in [0.05, 0.1) is 22.1 Å². The number of aromatic nitrogens is 2. The molecule has 2 N–H and O–H groups in total. The third-order valence-corrected chi connectivity index (χ3v) is 12.8. The first-order chi connectivity index (χ1) is 29.0. The van der Waals surface area contributed by atoms with Crippen LogP contribution in [0.5, 0.6) is 0 Å². The maximum Gasteiger partial charge on any atom is 0.184 e. The lowest BCUT2D eigenvalue weighted by molar-refractivity contribution is 0.342. The van der Waals surface area contributed by atoms with E-state index in [1.807, 2.05) is 0 Å². The Morgan fingerprint density at radius 1 is 0.508 bits per heavy atom. The molecule has 0 fully saturated rings. The van der Waals surface area contributed by atoms with Crippen LogP contribution in [0.15, 0.2) is 193 Å². The molecule has 1 aliphatic carbocycles. The third-order valence-electron chi connectivity index (χ3n) is 12.8. The molecule has 0 saturated heterocycles. The summed E-state index contributed by atoms with van der Waals surface area (Å²) in [5, 5.41) is 12.8. The van der Waals surface area contributed by atoms with E-state index in [9.17, 15) is 0 Å². The molecule has 0 saturated carbocycles. The minimum Gasteiger partial charge on any atom is -0.350 e. The van der Waals surface area contributed by atoms with Gasteiger partial charge in [0, 0.05) is 38.2 Å². The van der Waals surface area contributed by atoms with Crippen LogP contribution in [0.3, 0.4) is 0 Å². The van der Waals surface area contributed by atoms with Gasteiger partial charge in [-0.15, -0.1) is 0 Å². The summed E-state index contributed by atoms with van der Waals surface area (Å²) in [7, 11) is 0. The second kappa shape index (κ2) is 12.9. The number of hydrogen-bond donors (Lipinski definition) is 2. The van der Waals surface area contributed by atoms with Crippen molar-refractivity contribution >= 4 is 49.4 Å². The van der Waals surface area contributed by atoms with Crippen LogP contribution in [0, 0.1) is 0 Å². The normalized spacial score (nSPS) is 16.9. The van der Waals surface area contributed by atoms with Gasteiger partial charge in [0.25, 0.3) is 0 Å². The maximum atomic E-state index is 5.52. The van der Waals surface area contributed by atoms with Crippen molar-refractivity contribution in [3.8, 4) is 27.9 Å². The molecule has 0 bridgehead atoms. The van der Waals surface area contributed by atoms with Crippen molar-refractivity contribution in [1.29, 1.82) is 0 Å². The van der Waals surface area contributed by atoms with Crippen LogP contribution in [0.1, 0.15) is 48.6 Å². The van der Waals surface area contributed by atoms with E-state index in [2.05, 4.69) is 222 Å². The second-order valence-electron chi connectivity index (χ2n) is 16.4. The van der Waals surface area contributed by atoms with Gasteiger partial charge in [-0.1, -0.05) is 166 Å². The van der Waals surface area contributed by atoms with Crippen molar-refractivity contribution in [1.82, 2.24) is 19.8 Å². The Hall–Kier alpha value is -7.21. The van der Waals surface area contributed by atoms with Crippen LogP contribution < -0.4 is 10.6 Å². The highest BCUT2D eigenvalue weighted by molar-refractivity contribution is 6.28. The van der Waals surface area contributed by atoms with Gasteiger partial charge in [-0.2, -0.15) is 0 Å². The van der Waals surface area contributed by atoms with Crippen molar-refractivity contribution in [2.45, 2.75) is 31.7 Å². The van der Waals surface area contributed by atoms with Gasteiger partial charge in [0.15, 0.2) is 6.29 Å². The summed E-state index contributed by atoms with van der Waals surface area (Å²) >= 11 is 0. The molecule has 0 amide bonds. The van der Waals surface area contributed by atoms with Gasteiger partial charge in [-0.3, -0.25) is 5.32 Å². The fourth-order valence-electron chi connectivity index (χ4n) is 10.1. The van der Waals surface area contributed by atoms with Crippen LogP contribution in [-0.4, -0.2) is 15.0 Å². The summed E-state index contributed by atoms with van der Waals surface area (Å²) < 4.78 is 4.85. The Balaban J connectivity index is 1.09. The van der Waals surface area contributed by atoms with Gasteiger partial charge in [-0.05, 0) is 75.3 Å². The highest BCUT2D eigenvalue weighted by atomic mass is 15.4. The molecular formula is C54H41N5. The van der Waals surface area contributed by atoms with Crippen molar-refractivity contribution in [2.75, 3.05) is 0 Å². The lowest BCUT2D eigenvalue weighted by Crippen LogP contribution is -2.46. The van der Waals surface area contributed by atoms with E-state index >= 15 is 0 Å². The highest BCUT2D eigenvalue weighted by Crippen LogP contribution is 2.51. The predicted molar refractivity (Wildman–Crippen MR) is 244 cm³/mol.